The first-order valence-corrected chi connectivity index (χ1v) is 11.4. The van der Waals surface area contributed by atoms with Crippen LogP contribution in [0.15, 0.2) is 48.5 Å². The Morgan fingerprint density at radius 2 is 1.57 bits per heavy atom. The topological polar surface area (TPSA) is 15.7 Å². The van der Waals surface area contributed by atoms with Gasteiger partial charge in [-0.1, -0.05) is 61.7 Å². The zero-order valence-corrected chi connectivity index (χ0v) is 19.4. The Kier molecular flexibility index (Phi) is 8.61. The van der Waals surface area contributed by atoms with Crippen LogP contribution in [0.5, 0.6) is 5.75 Å². The molecular formula is C26H37ClN2O. The van der Waals surface area contributed by atoms with Gasteiger partial charge in [0.25, 0.3) is 0 Å². The number of methoxy groups -OCH3 is 1. The van der Waals surface area contributed by atoms with E-state index in [0.29, 0.717) is 6.04 Å². The molecule has 2 aliphatic rings. The van der Waals surface area contributed by atoms with Crippen LogP contribution in [0.3, 0.4) is 0 Å². The zero-order valence-electron chi connectivity index (χ0n) is 18.6. The average molecular weight is 429 g/mol. The van der Waals surface area contributed by atoms with Gasteiger partial charge in [0.15, 0.2) is 0 Å². The van der Waals surface area contributed by atoms with Crippen LogP contribution in [0.25, 0.3) is 0 Å². The molecule has 0 spiro atoms. The molecule has 0 amide bonds. The summed E-state index contributed by atoms with van der Waals surface area (Å²) in [5, 5.41) is 0. The molecule has 0 radical (unpaired) electrons. The van der Waals surface area contributed by atoms with E-state index in [1.165, 1.54) is 61.9 Å². The number of nitrogens with zero attached hydrogens (tertiary/aromatic N) is 2. The molecule has 4 heteroatoms. The van der Waals surface area contributed by atoms with Gasteiger partial charge in [-0.25, -0.2) is 0 Å². The van der Waals surface area contributed by atoms with Crippen molar-refractivity contribution >= 4 is 12.4 Å². The number of aryl methyl sites for hydroxylation is 1. The fraction of sp³-hybridized carbons (Fsp3) is 0.538. The normalized spacial score (nSPS) is 19.8. The molecule has 30 heavy (non-hydrogen) atoms. The summed E-state index contributed by atoms with van der Waals surface area (Å²) >= 11 is 0. The second kappa shape index (κ2) is 11.2. The Morgan fingerprint density at radius 3 is 2.27 bits per heavy atom. The predicted octanol–water partition coefficient (Wildman–Crippen LogP) is 5.66. The highest BCUT2D eigenvalue weighted by Crippen LogP contribution is 2.32. The first-order chi connectivity index (χ1) is 14.3. The molecule has 4 rings (SSSR count). The maximum Gasteiger partial charge on any atom is 0.122 e. The fourth-order valence-corrected chi connectivity index (χ4v) is 5.34. The molecule has 164 valence electrons. The maximum atomic E-state index is 5.67. The summed E-state index contributed by atoms with van der Waals surface area (Å²) in [5.74, 6) is 1.01. The first-order valence-electron chi connectivity index (χ1n) is 11.4. The second-order valence-corrected chi connectivity index (χ2v) is 8.75. The largest absolute Gasteiger partial charge is 0.496 e. The van der Waals surface area contributed by atoms with Crippen LogP contribution >= 0.6 is 12.4 Å². The van der Waals surface area contributed by atoms with Crippen molar-refractivity contribution in [2.75, 3.05) is 33.3 Å². The van der Waals surface area contributed by atoms with Crippen LogP contribution in [-0.4, -0.2) is 49.1 Å². The van der Waals surface area contributed by atoms with Crippen LogP contribution in [0.4, 0.5) is 0 Å². The molecule has 1 aliphatic heterocycles. The standard InChI is InChI=1S/C26H36N2O.ClH/c1-21-10-6-8-14-24(21)25(20-22-11-7-9-15-26(22)29-2)28-18-16-27(17-19-28)23-12-4-3-5-13-23;/h6-11,14-15,23,25H,3-5,12-13,16-20H2,1-2H3;1H. The van der Waals surface area contributed by atoms with Crippen molar-refractivity contribution in [3.8, 4) is 5.75 Å². The lowest BCUT2D eigenvalue weighted by molar-refractivity contribution is 0.0557. The highest BCUT2D eigenvalue weighted by atomic mass is 35.5. The summed E-state index contributed by atoms with van der Waals surface area (Å²) in [4.78, 5) is 5.49. The minimum atomic E-state index is 0. The zero-order chi connectivity index (χ0) is 20.1. The first kappa shape index (κ1) is 23.1. The molecule has 1 atom stereocenters. The van der Waals surface area contributed by atoms with E-state index in [1.54, 1.807) is 7.11 Å². The monoisotopic (exact) mass is 428 g/mol. The number of hydrogen-bond donors (Lipinski definition) is 0. The summed E-state index contributed by atoms with van der Waals surface area (Å²) < 4.78 is 5.67. The summed E-state index contributed by atoms with van der Waals surface area (Å²) in [7, 11) is 1.78. The maximum absolute atomic E-state index is 5.67. The molecule has 2 aromatic carbocycles. The predicted molar refractivity (Wildman–Crippen MR) is 128 cm³/mol. The molecule has 0 bridgehead atoms. The van der Waals surface area contributed by atoms with E-state index in [2.05, 4.69) is 65.3 Å². The lowest BCUT2D eigenvalue weighted by Gasteiger charge is -2.44. The smallest absolute Gasteiger partial charge is 0.122 e. The molecule has 1 saturated heterocycles. The van der Waals surface area contributed by atoms with Gasteiger partial charge < -0.3 is 4.74 Å². The van der Waals surface area contributed by atoms with Gasteiger partial charge in [0.1, 0.15) is 5.75 Å². The molecule has 0 N–H and O–H groups in total. The van der Waals surface area contributed by atoms with Crippen molar-refractivity contribution < 1.29 is 4.74 Å². The van der Waals surface area contributed by atoms with Gasteiger partial charge in [-0.3, -0.25) is 9.80 Å². The van der Waals surface area contributed by atoms with Crippen molar-refractivity contribution in [2.45, 2.75) is 57.5 Å². The molecule has 0 aromatic heterocycles. The van der Waals surface area contributed by atoms with Crippen LogP contribution < -0.4 is 4.74 Å². The minimum absolute atomic E-state index is 0. The number of ether oxygens (including phenoxy) is 1. The number of benzene rings is 2. The Bertz CT molecular complexity index is 782. The Morgan fingerprint density at radius 1 is 0.900 bits per heavy atom. The highest BCUT2D eigenvalue weighted by Gasteiger charge is 2.30. The van der Waals surface area contributed by atoms with Crippen LogP contribution in [0.1, 0.15) is 54.8 Å². The molecule has 2 fully saturated rings. The third-order valence-corrected chi connectivity index (χ3v) is 7.03. The van der Waals surface area contributed by atoms with Crippen molar-refractivity contribution in [2.24, 2.45) is 0 Å². The van der Waals surface area contributed by atoms with E-state index in [4.69, 9.17) is 4.74 Å². The molecule has 1 heterocycles. The SMILES string of the molecule is COc1ccccc1CC(c1ccccc1C)N1CCN(C2CCCCC2)CC1.Cl. The van der Waals surface area contributed by atoms with E-state index in [9.17, 15) is 0 Å². The Hall–Kier alpha value is -1.55. The van der Waals surface area contributed by atoms with Crippen molar-refractivity contribution in [1.29, 1.82) is 0 Å². The molecule has 1 unspecified atom stereocenters. The van der Waals surface area contributed by atoms with Gasteiger partial charge in [0.05, 0.1) is 7.11 Å². The minimum Gasteiger partial charge on any atom is -0.496 e. The number of rotatable bonds is 6. The Balaban J connectivity index is 0.00000256. The number of halogens is 1. The van der Waals surface area contributed by atoms with Crippen molar-refractivity contribution in [3.05, 3.63) is 65.2 Å². The van der Waals surface area contributed by atoms with Gasteiger partial charge in [-0.15, -0.1) is 12.4 Å². The van der Waals surface area contributed by atoms with E-state index < -0.39 is 0 Å². The van der Waals surface area contributed by atoms with Gasteiger partial charge in [0.2, 0.25) is 0 Å². The quantitative estimate of drug-likeness (QED) is 0.590. The summed E-state index contributed by atoms with van der Waals surface area (Å²) in [5.41, 5.74) is 4.16. The van der Waals surface area contributed by atoms with Crippen molar-refractivity contribution in [1.82, 2.24) is 9.80 Å². The summed E-state index contributed by atoms with van der Waals surface area (Å²) in [6.45, 7) is 6.98. The van der Waals surface area contributed by atoms with Gasteiger partial charge >= 0.3 is 0 Å². The van der Waals surface area contributed by atoms with Crippen LogP contribution in [0.2, 0.25) is 0 Å². The van der Waals surface area contributed by atoms with Gasteiger partial charge in [0, 0.05) is 38.3 Å². The lowest BCUT2D eigenvalue weighted by atomic mass is 9.92. The lowest BCUT2D eigenvalue weighted by Crippen LogP contribution is -2.51. The van der Waals surface area contributed by atoms with Gasteiger partial charge in [-0.2, -0.15) is 0 Å². The highest BCUT2D eigenvalue weighted by molar-refractivity contribution is 5.85. The summed E-state index contributed by atoms with van der Waals surface area (Å²) in [6.07, 6.45) is 8.09. The third kappa shape index (κ3) is 5.38. The average Bonchev–Trinajstić information content (AvgIpc) is 2.79. The van der Waals surface area contributed by atoms with Crippen LogP contribution in [0, 0.1) is 6.92 Å². The Labute approximate surface area is 188 Å². The number of hydrogen-bond acceptors (Lipinski definition) is 3. The third-order valence-electron chi connectivity index (χ3n) is 7.03. The molecule has 1 saturated carbocycles. The van der Waals surface area contributed by atoms with E-state index >= 15 is 0 Å². The molecular weight excluding hydrogens is 392 g/mol. The number of piperazine rings is 1. The van der Waals surface area contributed by atoms with Crippen LogP contribution in [-0.2, 0) is 6.42 Å². The van der Waals surface area contributed by atoms with E-state index in [1.807, 2.05) is 0 Å². The summed E-state index contributed by atoms with van der Waals surface area (Å²) in [6, 6.07) is 18.7. The molecule has 3 nitrogen and oxygen atoms in total. The second-order valence-electron chi connectivity index (χ2n) is 8.75. The molecule has 1 aliphatic carbocycles. The van der Waals surface area contributed by atoms with Crippen molar-refractivity contribution in [3.63, 3.8) is 0 Å². The van der Waals surface area contributed by atoms with Gasteiger partial charge in [-0.05, 0) is 48.9 Å². The van der Waals surface area contributed by atoms with E-state index in [-0.39, 0.29) is 12.4 Å². The number of para-hydroxylation sites is 1. The fourth-order valence-electron chi connectivity index (χ4n) is 5.34. The molecule has 2 aromatic rings. The van der Waals surface area contributed by atoms with E-state index in [0.717, 1.165) is 31.3 Å².